The van der Waals surface area contributed by atoms with Crippen LogP contribution >= 0.6 is 0 Å². The quantitative estimate of drug-likeness (QED) is 0.630. The Morgan fingerprint density at radius 1 is 1.59 bits per heavy atom. The fraction of sp³-hybridized carbons (Fsp3) is 0.250. The third kappa shape index (κ3) is 3.95. The molecule has 1 amide bonds. The first-order valence-corrected chi connectivity index (χ1v) is 5.12. The fourth-order valence-electron chi connectivity index (χ4n) is 1.18. The van der Waals surface area contributed by atoms with Gasteiger partial charge in [-0.1, -0.05) is 12.1 Å². The number of hydrogen-bond donors (Lipinski definition) is 1. The average Bonchev–Trinajstić information content (AvgIpc) is 2.31. The summed E-state index contributed by atoms with van der Waals surface area (Å²) in [6.07, 6.45) is 1.62. The summed E-state index contributed by atoms with van der Waals surface area (Å²) in [5.74, 6) is -0.146. The van der Waals surface area contributed by atoms with Gasteiger partial charge < -0.3 is 5.11 Å². The van der Waals surface area contributed by atoms with Gasteiger partial charge in [0.25, 0.3) is 0 Å². The molecule has 0 radical (unpaired) electrons. The molecule has 5 nitrogen and oxygen atoms in total. The number of hydrazone groups is 1. The van der Waals surface area contributed by atoms with Crippen LogP contribution in [0, 0.1) is 11.3 Å². The number of carbonyl (C=O) groups is 1. The second-order valence-electron chi connectivity index (χ2n) is 3.35. The maximum atomic E-state index is 11.2. The molecule has 0 atom stereocenters. The summed E-state index contributed by atoms with van der Waals surface area (Å²) in [6, 6.07) is 8.62. The van der Waals surface area contributed by atoms with E-state index < -0.39 is 0 Å². The first-order chi connectivity index (χ1) is 8.15. The van der Waals surface area contributed by atoms with Crippen molar-refractivity contribution in [2.45, 2.75) is 13.3 Å². The Bertz CT molecular complexity index is 463. The van der Waals surface area contributed by atoms with Crippen molar-refractivity contribution in [3.8, 4) is 11.8 Å². The minimum Gasteiger partial charge on any atom is -0.507 e. The minimum absolute atomic E-state index is 0.0973. The predicted octanol–water partition coefficient (Wildman–Crippen LogP) is 1.49. The summed E-state index contributed by atoms with van der Waals surface area (Å²) < 4.78 is 0. The van der Waals surface area contributed by atoms with Crippen molar-refractivity contribution in [2.24, 2.45) is 5.10 Å². The Hall–Kier alpha value is -2.35. The van der Waals surface area contributed by atoms with Crippen molar-refractivity contribution in [2.75, 3.05) is 6.54 Å². The van der Waals surface area contributed by atoms with Crippen molar-refractivity contribution in [1.82, 2.24) is 5.01 Å². The summed E-state index contributed by atoms with van der Waals surface area (Å²) in [7, 11) is 0. The van der Waals surface area contributed by atoms with Gasteiger partial charge in [0.05, 0.1) is 25.2 Å². The lowest BCUT2D eigenvalue weighted by atomic mass is 10.2. The monoisotopic (exact) mass is 231 g/mol. The van der Waals surface area contributed by atoms with E-state index in [9.17, 15) is 9.90 Å². The highest BCUT2D eigenvalue weighted by Gasteiger charge is 2.05. The van der Waals surface area contributed by atoms with Gasteiger partial charge in [0, 0.05) is 12.5 Å². The molecule has 0 aliphatic rings. The molecule has 0 saturated heterocycles. The Labute approximate surface area is 99.6 Å². The van der Waals surface area contributed by atoms with Crippen LogP contribution in [0.4, 0.5) is 0 Å². The summed E-state index contributed by atoms with van der Waals surface area (Å²) in [6.45, 7) is 1.62. The Balaban J connectivity index is 2.77. The molecule has 5 heteroatoms. The molecule has 0 saturated carbocycles. The molecular formula is C12H13N3O2. The molecule has 0 spiro atoms. The zero-order valence-corrected chi connectivity index (χ0v) is 9.50. The number of benzene rings is 1. The SMILES string of the molecule is CC(=O)N(CCC#N)/N=C\c1ccccc1O. The molecule has 1 aromatic rings. The smallest absolute Gasteiger partial charge is 0.239 e. The van der Waals surface area contributed by atoms with Crippen molar-refractivity contribution in [3.63, 3.8) is 0 Å². The van der Waals surface area contributed by atoms with Gasteiger partial charge in [-0.05, 0) is 12.1 Å². The largest absolute Gasteiger partial charge is 0.507 e. The van der Waals surface area contributed by atoms with Gasteiger partial charge in [-0.2, -0.15) is 10.4 Å². The molecule has 0 unspecified atom stereocenters. The number of amides is 1. The van der Waals surface area contributed by atoms with Crippen molar-refractivity contribution >= 4 is 12.1 Å². The van der Waals surface area contributed by atoms with Gasteiger partial charge in [0.2, 0.25) is 5.91 Å². The van der Waals surface area contributed by atoms with Crippen LogP contribution in [-0.2, 0) is 4.79 Å². The molecule has 0 heterocycles. The van der Waals surface area contributed by atoms with Gasteiger partial charge in [0.15, 0.2) is 0 Å². The summed E-state index contributed by atoms with van der Waals surface area (Å²) in [5.41, 5.74) is 0.524. The third-order valence-electron chi connectivity index (χ3n) is 2.07. The minimum atomic E-state index is -0.244. The Kier molecular flexibility index (Phi) is 4.70. The van der Waals surface area contributed by atoms with Gasteiger partial charge in [0.1, 0.15) is 5.75 Å². The highest BCUT2D eigenvalue weighted by atomic mass is 16.3. The van der Waals surface area contributed by atoms with Crippen LogP contribution in [0.3, 0.4) is 0 Å². The van der Waals surface area contributed by atoms with E-state index in [1.165, 1.54) is 24.2 Å². The number of aromatic hydroxyl groups is 1. The summed E-state index contributed by atoms with van der Waals surface area (Å²) in [5, 5.41) is 23.1. The molecule has 1 aromatic carbocycles. The van der Waals surface area contributed by atoms with E-state index in [4.69, 9.17) is 5.26 Å². The zero-order valence-electron chi connectivity index (χ0n) is 9.50. The van der Waals surface area contributed by atoms with Crippen LogP contribution in [0.5, 0.6) is 5.75 Å². The first-order valence-electron chi connectivity index (χ1n) is 5.12. The number of phenols is 1. The fourth-order valence-corrected chi connectivity index (χ4v) is 1.18. The molecule has 0 bridgehead atoms. The van der Waals surface area contributed by atoms with Crippen molar-refractivity contribution < 1.29 is 9.90 Å². The zero-order chi connectivity index (χ0) is 12.7. The normalized spacial score (nSPS) is 10.1. The van der Waals surface area contributed by atoms with Crippen molar-refractivity contribution in [3.05, 3.63) is 29.8 Å². The van der Waals surface area contributed by atoms with Crippen LogP contribution in [0.15, 0.2) is 29.4 Å². The highest BCUT2D eigenvalue weighted by molar-refractivity contribution is 5.84. The number of para-hydroxylation sites is 1. The Morgan fingerprint density at radius 2 is 2.29 bits per heavy atom. The molecule has 1 rings (SSSR count). The standard InChI is InChI=1S/C12H13N3O2/c1-10(16)15(8-4-7-13)14-9-11-5-2-3-6-12(11)17/h2-3,5-6,9,17H,4,8H2,1H3/b14-9-. The van der Waals surface area contributed by atoms with E-state index in [1.54, 1.807) is 18.2 Å². The molecule has 0 aliphatic heterocycles. The molecule has 0 fully saturated rings. The van der Waals surface area contributed by atoms with Crippen LogP contribution in [0.25, 0.3) is 0 Å². The van der Waals surface area contributed by atoms with Crippen LogP contribution in [-0.4, -0.2) is 28.8 Å². The second-order valence-corrected chi connectivity index (χ2v) is 3.35. The maximum absolute atomic E-state index is 11.2. The number of nitriles is 1. The van der Waals surface area contributed by atoms with E-state index in [-0.39, 0.29) is 24.6 Å². The van der Waals surface area contributed by atoms with Gasteiger partial charge in [-0.25, -0.2) is 5.01 Å². The van der Waals surface area contributed by atoms with Gasteiger partial charge in [-0.3, -0.25) is 4.79 Å². The van der Waals surface area contributed by atoms with Gasteiger partial charge >= 0.3 is 0 Å². The lowest BCUT2D eigenvalue weighted by molar-refractivity contribution is -0.128. The molecule has 0 aromatic heterocycles. The molecule has 88 valence electrons. The first kappa shape index (κ1) is 12.7. The van der Waals surface area contributed by atoms with E-state index in [0.29, 0.717) is 5.56 Å². The van der Waals surface area contributed by atoms with Crippen molar-refractivity contribution in [1.29, 1.82) is 5.26 Å². The second kappa shape index (κ2) is 6.28. The number of carbonyl (C=O) groups excluding carboxylic acids is 1. The number of hydrogen-bond acceptors (Lipinski definition) is 4. The molecular weight excluding hydrogens is 218 g/mol. The lowest BCUT2D eigenvalue weighted by Gasteiger charge is -2.12. The number of rotatable bonds is 4. The third-order valence-corrected chi connectivity index (χ3v) is 2.07. The maximum Gasteiger partial charge on any atom is 0.239 e. The predicted molar refractivity (Wildman–Crippen MR) is 63.3 cm³/mol. The molecule has 1 N–H and O–H groups in total. The van der Waals surface area contributed by atoms with Gasteiger partial charge in [-0.15, -0.1) is 0 Å². The van der Waals surface area contributed by atoms with Crippen LogP contribution < -0.4 is 0 Å². The van der Waals surface area contributed by atoms with E-state index in [0.717, 1.165) is 0 Å². The highest BCUT2D eigenvalue weighted by Crippen LogP contribution is 2.13. The van der Waals surface area contributed by atoms with E-state index in [1.807, 2.05) is 6.07 Å². The summed E-state index contributed by atoms with van der Waals surface area (Å²) in [4.78, 5) is 11.2. The molecule has 0 aliphatic carbocycles. The van der Waals surface area contributed by atoms with E-state index in [2.05, 4.69) is 5.10 Å². The summed E-state index contributed by atoms with van der Waals surface area (Å²) >= 11 is 0. The van der Waals surface area contributed by atoms with Crippen LogP contribution in [0.2, 0.25) is 0 Å². The number of nitrogens with zero attached hydrogens (tertiary/aromatic N) is 3. The molecule has 17 heavy (non-hydrogen) atoms. The number of phenolic OH excluding ortho intramolecular Hbond substituents is 1. The topological polar surface area (TPSA) is 76.7 Å². The average molecular weight is 231 g/mol. The lowest BCUT2D eigenvalue weighted by Crippen LogP contribution is -2.24. The van der Waals surface area contributed by atoms with Crippen LogP contribution in [0.1, 0.15) is 18.9 Å². The Morgan fingerprint density at radius 3 is 2.88 bits per heavy atom. The van der Waals surface area contributed by atoms with E-state index >= 15 is 0 Å².